The van der Waals surface area contributed by atoms with Crippen LogP contribution in [0, 0.1) is 12.7 Å². The first kappa shape index (κ1) is 11.0. The van der Waals surface area contributed by atoms with Gasteiger partial charge in [0.15, 0.2) is 0 Å². The van der Waals surface area contributed by atoms with Crippen LogP contribution in [0.25, 0.3) is 0 Å². The molecule has 0 aliphatic heterocycles. The summed E-state index contributed by atoms with van der Waals surface area (Å²) in [5.41, 5.74) is 7.13. The molecular formula is C11H12FN3S. The number of halogens is 1. The molecular weight excluding hydrogens is 225 g/mol. The van der Waals surface area contributed by atoms with Crippen LogP contribution in [-0.4, -0.2) is 9.78 Å². The fraction of sp³-hybridized carbons (Fsp3) is 0.182. The molecule has 1 aromatic carbocycles. The topological polar surface area (TPSA) is 43.8 Å². The summed E-state index contributed by atoms with van der Waals surface area (Å²) in [6.45, 7) is 1.93. The van der Waals surface area contributed by atoms with E-state index in [2.05, 4.69) is 5.10 Å². The first-order chi connectivity index (χ1) is 7.56. The summed E-state index contributed by atoms with van der Waals surface area (Å²) in [7, 11) is 1.87. The molecule has 5 heteroatoms. The van der Waals surface area contributed by atoms with Gasteiger partial charge in [0, 0.05) is 17.6 Å². The molecule has 0 aliphatic carbocycles. The summed E-state index contributed by atoms with van der Waals surface area (Å²) in [5, 5.41) is 5.22. The van der Waals surface area contributed by atoms with Gasteiger partial charge < -0.3 is 5.73 Å². The maximum absolute atomic E-state index is 12.9. The number of nitrogen functional groups attached to an aromatic ring is 1. The van der Waals surface area contributed by atoms with Crippen molar-refractivity contribution in [3.63, 3.8) is 0 Å². The van der Waals surface area contributed by atoms with Gasteiger partial charge in [0.2, 0.25) is 0 Å². The highest BCUT2D eigenvalue weighted by Gasteiger charge is 2.07. The minimum atomic E-state index is -0.317. The molecule has 0 saturated heterocycles. The Morgan fingerprint density at radius 2 is 2.12 bits per heavy atom. The SMILES string of the molecule is Cc1cc(Sc2ccc(F)cc2N)n(C)n1. The number of benzene rings is 1. The number of nitrogens with zero attached hydrogens (tertiary/aromatic N) is 2. The molecule has 0 spiro atoms. The number of anilines is 1. The number of aryl methyl sites for hydroxylation is 2. The molecule has 2 rings (SSSR count). The first-order valence-electron chi connectivity index (χ1n) is 4.80. The molecule has 1 heterocycles. The quantitative estimate of drug-likeness (QED) is 0.816. The molecule has 0 unspecified atom stereocenters. The lowest BCUT2D eigenvalue weighted by Crippen LogP contribution is -1.94. The van der Waals surface area contributed by atoms with Crippen LogP contribution in [0.4, 0.5) is 10.1 Å². The second-order valence-electron chi connectivity index (χ2n) is 3.53. The Kier molecular flexibility index (Phi) is 2.87. The fourth-order valence-electron chi connectivity index (χ4n) is 1.41. The Hall–Kier alpha value is -1.49. The fourth-order valence-corrected chi connectivity index (χ4v) is 2.35. The van der Waals surface area contributed by atoms with E-state index in [0.717, 1.165) is 15.6 Å². The van der Waals surface area contributed by atoms with Crippen molar-refractivity contribution in [2.24, 2.45) is 7.05 Å². The molecule has 84 valence electrons. The lowest BCUT2D eigenvalue weighted by molar-refractivity contribution is 0.627. The van der Waals surface area contributed by atoms with E-state index in [1.807, 2.05) is 20.0 Å². The molecule has 2 N–H and O–H groups in total. The Labute approximate surface area is 97.5 Å². The van der Waals surface area contributed by atoms with Gasteiger partial charge in [0.1, 0.15) is 5.82 Å². The molecule has 3 nitrogen and oxygen atoms in total. The highest BCUT2D eigenvalue weighted by atomic mass is 32.2. The maximum atomic E-state index is 12.9. The molecule has 0 atom stereocenters. The molecule has 2 aromatic rings. The lowest BCUT2D eigenvalue weighted by atomic mass is 10.3. The predicted molar refractivity (Wildman–Crippen MR) is 62.9 cm³/mol. The van der Waals surface area contributed by atoms with Gasteiger partial charge in [-0.2, -0.15) is 5.10 Å². The van der Waals surface area contributed by atoms with Crippen molar-refractivity contribution in [3.8, 4) is 0 Å². The zero-order valence-corrected chi connectivity index (χ0v) is 9.88. The summed E-state index contributed by atoms with van der Waals surface area (Å²) in [6, 6.07) is 6.37. The van der Waals surface area contributed by atoms with Crippen LogP contribution >= 0.6 is 11.8 Å². The molecule has 0 saturated carbocycles. The van der Waals surface area contributed by atoms with Gasteiger partial charge in [-0.05, 0) is 31.2 Å². The van der Waals surface area contributed by atoms with E-state index in [0.29, 0.717) is 5.69 Å². The zero-order chi connectivity index (χ0) is 11.7. The van der Waals surface area contributed by atoms with Crippen molar-refractivity contribution in [1.82, 2.24) is 9.78 Å². The Morgan fingerprint density at radius 1 is 1.38 bits per heavy atom. The van der Waals surface area contributed by atoms with Crippen LogP contribution in [0.3, 0.4) is 0 Å². The molecule has 0 aliphatic rings. The monoisotopic (exact) mass is 237 g/mol. The molecule has 16 heavy (non-hydrogen) atoms. The Bertz CT molecular complexity index is 522. The van der Waals surface area contributed by atoms with E-state index >= 15 is 0 Å². The van der Waals surface area contributed by atoms with Crippen molar-refractivity contribution >= 4 is 17.4 Å². The third kappa shape index (κ3) is 2.19. The van der Waals surface area contributed by atoms with Crippen molar-refractivity contribution < 1.29 is 4.39 Å². The Morgan fingerprint density at radius 3 is 2.69 bits per heavy atom. The zero-order valence-electron chi connectivity index (χ0n) is 9.07. The molecule has 0 fully saturated rings. The van der Waals surface area contributed by atoms with Crippen molar-refractivity contribution in [2.75, 3.05) is 5.73 Å². The molecule has 1 aromatic heterocycles. The number of hydrogen-bond acceptors (Lipinski definition) is 3. The number of aromatic nitrogens is 2. The minimum Gasteiger partial charge on any atom is -0.398 e. The highest BCUT2D eigenvalue weighted by molar-refractivity contribution is 7.99. The second-order valence-corrected chi connectivity index (χ2v) is 4.59. The van der Waals surface area contributed by atoms with E-state index in [1.165, 1.54) is 23.9 Å². The van der Waals surface area contributed by atoms with Gasteiger partial charge in [-0.3, -0.25) is 4.68 Å². The summed E-state index contributed by atoms with van der Waals surface area (Å²) >= 11 is 1.48. The second kappa shape index (κ2) is 4.17. The van der Waals surface area contributed by atoms with Gasteiger partial charge >= 0.3 is 0 Å². The Balaban J connectivity index is 2.30. The van der Waals surface area contributed by atoms with Crippen LogP contribution in [0.2, 0.25) is 0 Å². The lowest BCUT2D eigenvalue weighted by Gasteiger charge is -2.05. The average Bonchev–Trinajstić information content (AvgIpc) is 2.50. The van der Waals surface area contributed by atoms with Crippen LogP contribution in [0.5, 0.6) is 0 Å². The largest absolute Gasteiger partial charge is 0.398 e. The minimum absolute atomic E-state index is 0.317. The van der Waals surface area contributed by atoms with Crippen LogP contribution in [-0.2, 0) is 7.05 Å². The normalized spacial score (nSPS) is 10.7. The van der Waals surface area contributed by atoms with Crippen molar-refractivity contribution in [2.45, 2.75) is 16.8 Å². The van der Waals surface area contributed by atoms with E-state index in [4.69, 9.17) is 5.73 Å². The van der Waals surface area contributed by atoms with Crippen molar-refractivity contribution in [1.29, 1.82) is 0 Å². The molecule has 0 amide bonds. The standard InChI is InChI=1S/C11H12FN3S/c1-7-5-11(15(2)14-7)16-10-4-3-8(12)6-9(10)13/h3-6H,13H2,1-2H3. The van der Waals surface area contributed by atoms with Crippen molar-refractivity contribution in [3.05, 3.63) is 35.8 Å². The number of hydrogen-bond donors (Lipinski definition) is 1. The maximum Gasteiger partial charge on any atom is 0.125 e. The summed E-state index contributed by atoms with van der Waals surface area (Å²) in [6.07, 6.45) is 0. The molecule has 0 radical (unpaired) electrons. The number of nitrogens with two attached hydrogens (primary N) is 1. The van der Waals surface area contributed by atoms with Crippen LogP contribution < -0.4 is 5.73 Å². The van der Waals surface area contributed by atoms with E-state index in [1.54, 1.807) is 10.7 Å². The van der Waals surface area contributed by atoms with Gasteiger partial charge in [0.05, 0.1) is 10.7 Å². The van der Waals surface area contributed by atoms with Gasteiger partial charge in [0.25, 0.3) is 0 Å². The summed E-state index contributed by atoms with van der Waals surface area (Å²) in [4.78, 5) is 0.837. The van der Waals surface area contributed by atoms with E-state index < -0.39 is 0 Å². The first-order valence-corrected chi connectivity index (χ1v) is 5.61. The van der Waals surface area contributed by atoms with Gasteiger partial charge in [-0.1, -0.05) is 11.8 Å². The number of rotatable bonds is 2. The predicted octanol–water partition coefficient (Wildman–Crippen LogP) is 2.60. The smallest absolute Gasteiger partial charge is 0.125 e. The summed E-state index contributed by atoms with van der Waals surface area (Å²) in [5.74, 6) is -0.317. The third-order valence-electron chi connectivity index (χ3n) is 2.15. The van der Waals surface area contributed by atoms with E-state index in [-0.39, 0.29) is 5.82 Å². The average molecular weight is 237 g/mol. The van der Waals surface area contributed by atoms with E-state index in [9.17, 15) is 4.39 Å². The summed E-state index contributed by atoms with van der Waals surface area (Å²) < 4.78 is 14.6. The van der Waals surface area contributed by atoms with Crippen LogP contribution in [0.1, 0.15) is 5.69 Å². The van der Waals surface area contributed by atoms with Gasteiger partial charge in [-0.15, -0.1) is 0 Å². The van der Waals surface area contributed by atoms with Gasteiger partial charge in [-0.25, -0.2) is 4.39 Å². The molecule has 0 bridgehead atoms. The highest BCUT2D eigenvalue weighted by Crippen LogP contribution is 2.32. The third-order valence-corrected chi connectivity index (χ3v) is 3.33. The van der Waals surface area contributed by atoms with Crippen LogP contribution in [0.15, 0.2) is 34.2 Å².